The van der Waals surface area contributed by atoms with Gasteiger partial charge < -0.3 is 9.73 Å². The molecular formula is C18H19ClN4O2S. The van der Waals surface area contributed by atoms with Gasteiger partial charge in [-0.05, 0) is 43.7 Å². The van der Waals surface area contributed by atoms with Gasteiger partial charge in [-0.15, -0.1) is 10.2 Å². The highest BCUT2D eigenvalue weighted by molar-refractivity contribution is 8.00. The molecule has 0 saturated heterocycles. The molecule has 136 valence electrons. The smallest absolute Gasteiger partial charge is 0.233 e. The van der Waals surface area contributed by atoms with E-state index in [9.17, 15) is 4.79 Å². The molecule has 1 unspecified atom stereocenters. The fourth-order valence-corrected chi connectivity index (χ4v) is 3.46. The van der Waals surface area contributed by atoms with Gasteiger partial charge in [0.2, 0.25) is 5.91 Å². The normalized spacial score (nSPS) is 12.1. The van der Waals surface area contributed by atoms with Gasteiger partial charge in [0.15, 0.2) is 16.7 Å². The van der Waals surface area contributed by atoms with Gasteiger partial charge in [-0.3, -0.25) is 9.36 Å². The number of thioether (sulfide) groups is 1. The predicted octanol–water partition coefficient (Wildman–Crippen LogP) is 4.01. The third-order valence-corrected chi connectivity index (χ3v) is 5.14. The summed E-state index contributed by atoms with van der Waals surface area (Å²) in [5, 5.41) is 12.4. The molecule has 0 saturated carbocycles. The van der Waals surface area contributed by atoms with Crippen molar-refractivity contribution in [2.75, 3.05) is 0 Å². The predicted molar refractivity (Wildman–Crippen MR) is 102 cm³/mol. The first kappa shape index (κ1) is 18.5. The highest BCUT2D eigenvalue weighted by atomic mass is 35.5. The van der Waals surface area contributed by atoms with Crippen LogP contribution in [-0.2, 0) is 17.9 Å². The van der Waals surface area contributed by atoms with E-state index in [4.69, 9.17) is 16.0 Å². The summed E-state index contributed by atoms with van der Waals surface area (Å²) in [5.41, 5.74) is 0.997. The Morgan fingerprint density at radius 2 is 2.08 bits per heavy atom. The molecule has 0 spiro atoms. The lowest BCUT2D eigenvalue weighted by Gasteiger charge is -2.12. The number of halogens is 1. The van der Waals surface area contributed by atoms with Crippen LogP contribution in [0.15, 0.2) is 52.2 Å². The third-order valence-electron chi connectivity index (χ3n) is 3.81. The largest absolute Gasteiger partial charge is 0.461 e. The molecule has 26 heavy (non-hydrogen) atoms. The lowest BCUT2D eigenvalue weighted by atomic mass is 10.2. The number of carbonyl (C=O) groups is 1. The molecule has 2 aromatic heterocycles. The minimum atomic E-state index is -0.304. The molecule has 2 heterocycles. The highest BCUT2D eigenvalue weighted by Gasteiger charge is 2.21. The standard InChI is InChI=1S/C18H19ClN4O2S/c1-3-23-16(15-5-4-10-25-15)21-22-18(23)26-12(2)17(24)20-11-13-6-8-14(19)9-7-13/h4-10,12H,3,11H2,1-2H3,(H,20,24). The molecule has 3 aromatic rings. The van der Waals surface area contributed by atoms with E-state index < -0.39 is 0 Å². The number of nitrogens with zero attached hydrogens (tertiary/aromatic N) is 3. The number of benzene rings is 1. The maximum atomic E-state index is 12.4. The van der Waals surface area contributed by atoms with E-state index in [1.807, 2.05) is 42.7 Å². The Bertz CT molecular complexity index is 862. The number of amides is 1. The minimum absolute atomic E-state index is 0.0600. The Morgan fingerprint density at radius 1 is 1.31 bits per heavy atom. The number of rotatable bonds is 7. The molecular weight excluding hydrogens is 372 g/mol. The molecule has 0 aliphatic carbocycles. The second-order valence-electron chi connectivity index (χ2n) is 5.63. The number of hydrogen-bond donors (Lipinski definition) is 1. The summed E-state index contributed by atoms with van der Waals surface area (Å²) in [7, 11) is 0. The van der Waals surface area contributed by atoms with Gasteiger partial charge in [0.1, 0.15) is 0 Å². The topological polar surface area (TPSA) is 73.0 Å². The summed E-state index contributed by atoms with van der Waals surface area (Å²) in [4.78, 5) is 12.4. The van der Waals surface area contributed by atoms with Crippen LogP contribution < -0.4 is 5.32 Å². The molecule has 0 radical (unpaired) electrons. The number of aromatic nitrogens is 3. The van der Waals surface area contributed by atoms with Crippen molar-refractivity contribution < 1.29 is 9.21 Å². The minimum Gasteiger partial charge on any atom is -0.461 e. The maximum Gasteiger partial charge on any atom is 0.233 e. The maximum absolute atomic E-state index is 12.4. The molecule has 1 N–H and O–H groups in total. The van der Waals surface area contributed by atoms with Gasteiger partial charge >= 0.3 is 0 Å². The van der Waals surface area contributed by atoms with Crippen LogP contribution in [0.2, 0.25) is 5.02 Å². The highest BCUT2D eigenvalue weighted by Crippen LogP contribution is 2.27. The second kappa shape index (κ2) is 8.42. The molecule has 0 aliphatic heterocycles. The van der Waals surface area contributed by atoms with Gasteiger partial charge in [-0.2, -0.15) is 0 Å². The zero-order chi connectivity index (χ0) is 18.5. The van der Waals surface area contributed by atoms with Crippen molar-refractivity contribution in [3.63, 3.8) is 0 Å². The van der Waals surface area contributed by atoms with Crippen molar-refractivity contribution in [3.8, 4) is 11.6 Å². The average Bonchev–Trinajstić information content (AvgIpc) is 3.30. The molecule has 1 aromatic carbocycles. The third kappa shape index (κ3) is 4.28. The number of carbonyl (C=O) groups excluding carboxylic acids is 1. The van der Waals surface area contributed by atoms with E-state index >= 15 is 0 Å². The molecule has 6 nitrogen and oxygen atoms in total. The molecule has 1 atom stereocenters. The number of furan rings is 1. The van der Waals surface area contributed by atoms with Gasteiger partial charge in [0.25, 0.3) is 0 Å². The number of nitrogens with one attached hydrogen (secondary N) is 1. The molecule has 0 bridgehead atoms. The summed E-state index contributed by atoms with van der Waals surface area (Å²) < 4.78 is 7.34. The SMILES string of the molecule is CCn1c(SC(C)C(=O)NCc2ccc(Cl)cc2)nnc1-c1ccco1. The molecule has 3 rings (SSSR count). The van der Waals surface area contributed by atoms with Crippen molar-refractivity contribution in [1.82, 2.24) is 20.1 Å². The van der Waals surface area contributed by atoms with Crippen molar-refractivity contribution >= 4 is 29.3 Å². The first-order valence-electron chi connectivity index (χ1n) is 8.24. The Labute approximate surface area is 160 Å². The van der Waals surface area contributed by atoms with Crippen LogP contribution >= 0.6 is 23.4 Å². The summed E-state index contributed by atoms with van der Waals surface area (Å²) in [6.07, 6.45) is 1.60. The zero-order valence-electron chi connectivity index (χ0n) is 14.5. The number of hydrogen-bond acceptors (Lipinski definition) is 5. The van der Waals surface area contributed by atoms with Crippen LogP contribution in [-0.4, -0.2) is 25.9 Å². The van der Waals surface area contributed by atoms with Crippen molar-refractivity contribution in [3.05, 3.63) is 53.2 Å². The van der Waals surface area contributed by atoms with Gasteiger partial charge in [-0.25, -0.2) is 0 Å². The lowest BCUT2D eigenvalue weighted by Crippen LogP contribution is -2.30. The first-order chi connectivity index (χ1) is 12.6. The monoisotopic (exact) mass is 390 g/mol. The summed E-state index contributed by atoms with van der Waals surface area (Å²) >= 11 is 7.24. The Morgan fingerprint density at radius 3 is 2.73 bits per heavy atom. The van der Waals surface area contributed by atoms with E-state index in [2.05, 4.69) is 15.5 Å². The Hall–Kier alpha value is -2.25. The summed E-state index contributed by atoms with van der Waals surface area (Å²) in [5.74, 6) is 1.26. The van der Waals surface area contributed by atoms with E-state index in [1.165, 1.54) is 11.8 Å². The Balaban J connectivity index is 1.63. The van der Waals surface area contributed by atoms with Crippen LogP contribution in [0.1, 0.15) is 19.4 Å². The van der Waals surface area contributed by atoms with E-state index in [0.717, 1.165) is 5.56 Å². The average molecular weight is 391 g/mol. The van der Waals surface area contributed by atoms with Gasteiger partial charge in [-0.1, -0.05) is 35.5 Å². The van der Waals surface area contributed by atoms with Crippen molar-refractivity contribution in [1.29, 1.82) is 0 Å². The first-order valence-corrected chi connectivity index (χ1v) is 9.50. The van der Waals surface area contributed by atoms with E-state index in [-0.39, 0.29) is 11.2 Å². The second-order valence-corrected chi connectivity index (χ2v) is 7.38. The van der Waals surface area contributed by atoms with Crippen LogP contribution in [0.4, 0.5) is 0 Å². The quantitative estimate of drug-likeness (QED) is 0.617. The van der Waals surface area contributed by atoms with Crippen LogP contribution in [0.5, 0.6) is 0 Å². The summed E-state index contributed by atoms with van der Waals surface area (Å²) in [6.45, 7) is 5.00. The van der Waals surface area contributed by atoms with Gasteiger partial charge in [0, 0.05) is 18.1 Å². The lowest BCUT2D eigenvalue weighted by molar-refractivity contribution is -0.120. The molecule has 8 heteroatoms. The molecule has 1 amide bonds. The van der Waals surface area contributed by atoms with Crippen LogP contribution in [0.3, 0.4) is 0 Å². The Kier molecular flexibility index (Phi) is 6.00. The van der Waals surface area contributed by atoms with Crippen molar-refractivity contribution in [2.45, 2.75) is 37.3 Å². The van der Waals surface area contributed by atoms with Crippen LogP contribution in [0.25, 0.3) is 11.6 Å². The van der Waals surface area contributed by atoms with Crippen molar-refractivity contribution in [2.24, 2.45) is 0 Å². The zero-order valence-corrected chi connectivity index (χ0v) is 16.0. The van der Waals surface area contributed by atoms with Crippen LogP contribution in [0, 0.1) is 0 Å². The summed E-state index contributed by atoms with van der Waals surface area (Å²) in [6, 6.07) is 11.0. The fraction of sp³-hybridized carbons (Fsp3) is 0.278. The van der Waals surface area contributed by atoms with E-state index in [0.29, 0.717) is 34.9 Å². The molecule has 0 aliphatic rings. The fourth-order valence-electron chi connectivity index (χ4n) is 2.40. The molecule has 0 fully saturated rings. The van der Waals surface area contributed by atoms with Gasteiger partial charge in [0.05, 0.1) is 11.5 Å². The van der Waals surface area contributed by atoms with E-state index in [1.54, 1.807) is 18.4 Å².